The number of nitrogens with zero attached hydrogens (tertiary/aromatic N) is 1. The molecular weight excluding hydrogens is 258 g/mol. The topological polar surface area (TPSA) is 48.0 Å². The molecule has 0 aliphatic carbocycles. The van der Waals surface area contributed by atoms with Gasteiger partial charge in [-0.2, -0.15) is 0 Å². The molecule has 0 aromatic heterocycles. The van der Waals surface area contributed by atoms with Crippen LogP contribution < -0.4 is 0 Å². The Balaban J connectivity index is 1.89. The second-order valence-electron chi connectivity index (χ2n) is 5.26. The molecule has 1 amide bonds. The number of hydrogen-bond donors (Lipinski definition) is 0. The summed E-state index contributed by atoms with van der Waals surface area (Å²) < 4.78 is 16.4. The van der Waals surface area contributed by atoms with Crippen molar-refractivity contribution in [3.63, 3.8) is 0 Å². The van der Waals surface area contributed by atoms with Gasteiger partial charge in [0, 0.05) is 20.6 Å². The fourth-order valence-corrected chi connectivity index (χ4v) is 3.11. The zero-order valence-electron chi connectivity index (χ0n) is 11.7. The number of amides is 1. The summed E-state index contributed by atoms with van der Waals surface area (Å²) in [5, 5.41) is 0. The highest BCUT2D eigenvalue weighted by atomic mass is 16.6. The van der Waals surface area contributed by atoms with Gasteiger partial charge in [0.1, 0.15) is 6.23 Å². The zero-order valence-corrected chi connectivity index (χ0v) is 11.7. The van der Waals surface area contributed by atoms with Gasteiger partial charge < -0.3 is 19.1 Å². The molecule has 5 nitrogen and oxygen atoms in total. The molecule has 3 rings (SSSR count). The lowest BCUT2D eigenvalue weighted by Crippen LogP contribution is -2.46. The fraction of sp³-hybridized carbons (Fsp3) is 0.533. The Bertz CT molecular complexity index is 492. The molecule has 0 bridgehead atoms. The largest absolute Gasteiger partial charge is 0.381 e. The lowest BCUT2D eigenvalue weighted by atomic mass is 10.0. The highest BCUT2D eigenvalue weighted by molar-refractivity contribution is 5.88. The van der Waals surface area contributed by atoms with E-state index in [1.807, 2.05) is 30.3 Å². The van der Waals surface area contributed by atoms with Crippen LogP contribution in [0.25, 0.3) is 0 Å². The minimum absolute atomic E-state index is 0.0393. The highest BCUT2D eigenvalue weighted by Gasteiger charge is 2.57. The first-order chi connectivity index (χ1) is 9.72. The van der Waals surface area contributed by atoms with Gasteiger partial charge in [-0.15, -0.1) is 0 Å². The monoisotopic (exact) mass is 277 g/mol. The molecule has 0 saturated carbocycles. The van der Waals surface area contributed by atoms with E-state index in [9.17, 15) is 4.79 Å². The Kier molecular flexibility index (Phi) is 3.50. The van der Waals surface area contributed by atoms with E-state index in [0.29, 0.717) is 13.0 Å². The Hall–Kier alpha value is -1.43. The van der Waals surface area contributed by atoms with Crippen molar-refractivity contribution in [2.45, 2.75) is 24.3 Å². The molecular formula is C15H19NO4. The maximum atomic E-state index is 12.8. The average molecular weight is 277 g/mol. The molecule has 20 heavy (non-hydrogen) atoms. The predicted octanol–water partition coefficient (Wildman–Crippen LogP) is 1.35. The molecule has 2 fully saturated rings. The van der Waals surface area contributed by atoms with Gasteiger partial charge in [0.2, 0.25) is 0 Å². The quantitative estimate of drug-likeness (QED) is 0.833. The number of carbonyl (C=O) groups is 1. The first kappa shape index (κ1) is 13.5. The number of benzene rings is 1. The van der Waals surface area contributed by atoms with Crippen molar-refractivity contribution in [1.29, 1.82) is 0 Å². The Morgan fingerprint density at radius 2 is 2.10 bits per heavy atom. The number of carbonyl (C=O) groups excluding carboxylic acids is 1. The SMILES string of the molecule is COC[C@]1(OC)CC2OCC(c3ccccc3)N2C1=O. The van der Waals surface area contributed by atoms with Gasteiger partial charge in [0.15, 0.2) is 5.60 Å². The molecule has 0 N–H and O–H groups in total. The summed E-state index contributed by atoms with van der Waals surface area (Å²) in [6, 6.07) is 9.92. The van der Waals surface area contributed by atoms with Crippen LogP contribution in [-0.2, 0) is 19.0 Å². The van der Waals surface area contributed by atoms with E-state index in [-0.39, 0.29) is 24.8 Å². The summed E-state index contributed by atoms with van der Waals surface area (Å²) >= 11 is 0. The van der Waals surface area contributed by atoms with E-state index in [2.05, 4.69) is 0 Å². The summed E-state index contributed by atoms with van der Waals surface area (Å²) in [5.41, 5.74) is 0.181. The van der Waals surface area contributed by atoms with Crippen LogP contribution in [0, 0.1) is 0 Å². The van der Waals surface area contributed by atoms with Crippen LogP contribution in [-0.4, -0.2) is 50.1 Å². The van der Waals surface area contributed by atoms with Gasteiger partial charge in [-0.1, -0.05) is 30.3 Å². The maximum absolute atomic E-state index is 12.8. The second-order valence-corrected chi connectivity index (χ2v) is 5.26. The molecule has 0 spiro atoms. The molecule has 2 aliphatic rings. The van der Waals surface area contributed by atoms with Crippen LogP contribution in [0.2, 0.25) is 0 Å². The summed E-state index contributed by atoms with van der Waals surface area (Å²) in [7, 11) is 3.13. The molecule has 2 heterocycles. The van der Waals surface area contributed by atoms with Crippen molar-refractivity contribution in [1.82, 2.24) is 4.90 Å². The highest BCUT2D eigenvalue weighted by Crippen LogP contribution is 2.42. The Morgan fingerprint density at radius 1 is 1.35 bits per heavy atom. The van der Waals surface area contributed by atoms with Crippen LogP contribution >= 0.6 is 0 Å². The van der Waals surface area contributed by atoms with Gasteiger partial charge in [0.25, 0.3) is 5.91 Å². The molecule has 108 valence electrons. The van der Waals surface area contributed by atoms with E-state index in [1.54, 1.807) is 19.1 Å². The third-order valence-electron chi connectivity index (χ3n) is 4.17. The number of fused-ring (bicyclic) bond motifs is 1. The predicted molar refractivity (Wildman–Crippen MR) is 72.0 cm³/mol. The normalized spacial score (nSPS) is 32.7. The lowest BCUT2D eigenvalue weighted by Gasteiger charge is -2.27. The number of hydrogen-bond acceptors (Lipinski definition) is 4. The number of rotatable bonds is 4. The summed E-state index contributed by atoms with van der Waals surface area (Å²) in [4.78, 5) is 14.6. The van der Waals surface area contributed by atoms with Crippen LogP contribution in [0.3, 0.4) is 0 Å². The summed E-state index contributed by atoms with van der Waals surface area (Å²) in [6.45, 7) is 0.785. The van der Waals surface area contributed by atoms with Crippen molar-refractivity contribution < 1.29 is 19.0 Å². The number of ether oxygens (including phenoxy) is 3. The molecule has 3 atom stereocenters. The van der Waals surface area contributed by atoms with E-state index in [4.69, 9.17) is 14.2 Å². The standard InChI is InChI=1S/C15H19NO4/c1-18-10-15(19-2)8-13-16(14(15)17)12(9-20-13)11-6-4-3-5-7-11/h3-7,12-13H,8-10H2,1-2H3/t12?,13?,15-/m1/s1. The van der Waals surface area contributed by atoms with Crippen LogP contribution in [0.1, 0.15) is 18.0 Å². The fourth-order valence-electron chi connectivity index (χ4n) is 3.11. The van der Waals surface area contributed by atoms with Crippen molar-refractivity contribution >= 4 is 5.91 Å². The Morgan fingerprint density at radius 3 is 2.75 bits per heavy atom. The van der Waals surface area contributed by atoms with Crippen LogP contribution in [0.4, 0.5) is 0 Å². The molecule has 2 aliphatic heterocycles. The van der Waals surface area contributed by atoms with E-state index in [0.717, 1.165) is 5.56 Å². The zero-order chi connectivity index (χ0) is 14.2. The first-order valence-electron chi connectivity index (χ1n) is 6.75. The van der Waals surface area contributed by atoms with Crippen LogP contribution in [0.15, 0.2) is 30.3 Å². The van der Waals surface area contributed by atoms with Crippen molar-refractivity contribution in [2.75, 3.05) is 27.4 Å². The third kappa shape index (κ3) is 1.93. The minimum atomic E-state index is -0.910. The second kappa shape index (κ2) is 5.16. The van der Waals surface area contributed by atoms with E-state index >= 15 is 0 Å². The van der Waals surface area contributed by atoms with Gasteiger partial charge in [-0.3, -0.25) is 4.79 Å². The first-order valence-corrected chi connectivity index (χ1v) is 6.75. The Labute approximate surface area is 118 Å². The van der Waals surface area contributed by atoms with E-state index in [1.165, 1.54) is 0 Å². The number of methoxy groups -OCH3 is 2. The summed E-state index contributed by atoms with van der Waals surface area (Å²) in [6.07, 6.45) is 0.294. The maximum Gasteiger partial charge on any atom is 0.260 e. The van der Waals surface area contributed by atoms with E-state index < -0.39 is 5.60 Å². The van der Waals surface area contributed by atoms with Gasteiger partial charge in [-0.25, -0.2) is 0 Å². The van der Waals surface area contributed by atoms with Gasteiger partial charge in [-0.05, 0) is 5.56 Å². The van der Waals surface area contributed by atoms with Crippen LogP contribution in [0.5, 0.6) is 0 Å². The third-order valence-corrected chi connectivity index (χ3v) is 4.17. The molecule has 0 radical (unpaired) electrons. The minimum Gasteiger partial charge on any atom is -0.381 e. The van der Waals surface area contributed by atoms with Gasteiger partial charge in [0.05, 0.1) is 19.3 Å². The van der Waals surface area contributed by atoms with Crippen molar-refractivity contribution in [3.8, 4) is 0 Å². The molecule has 1 aromatic rings. The molecule has 5 heteroatoms. The molecule has 2 unspecified atom stereocenters. The van der Waals surface area contributed by atoms with Gasteiger partial charge >= 0.3 is 0 Å². The summed E-state index contributed by atoms with van der Waals surface area (Å²) in [5.74, 6) is -0.0433. The molecule has 1 aromatic carbocycles. The van der Waals surface area contributed by atoms with Crippen molar-refractivity contribution in [3.05, 3.63) is 35.9 Å². The molecule has 2 saturated heterocycles. The smallest absolute Gasteiger partial charge is 0.260 e. The van der Waals surface area contributed by atoms with Crippen molar-refractivity contribution in [2.24, 2.45) is 0 Å². The lowest BCUT2D eigenvalue weighted by molar-refractivity contribution is -0.153. The average Bonchev–Trinajstić information content (AvgIpc) is 3.00.